The number of fused-ring (bicyclic) bond motifs is 1. The number of rotatable bonds is 6. The largest absolute Gasteiger partial charge is 0.324 e. The molecule has 5 rings (SSSR count). The van der Waals surface area contributed by atoms with E-state index in [-0.39, 0.29) is 30.6 Å². The molecular weight excluding hydrogens is 508 g/mol. The molecule has 7 nitrogen and oxygen atoms in total. The van der Waals surface area contributed by atoms with Gasteiger partial charge in [0.1, 0.15) is 5.82 Å². The molecule has 2 aromatic heterocycles. The number of ketones is 1. The molecule has 0 fully saturated rings. The summed E-state index contributed by atoms with van der Waals surface area (Å²) in [6.45, 7) is 2.14. The van der Waals surface area contributed by atoms with Crippen molar-refractivity contribution in [2.45, 2.75) is 32.4 Å². The van der Waals surface area contributed by atoms with Gasteiger partial charge in [-0.25, -0.2) is 9.97 Å². The van der Waals surface area contributed by atoms with Gasteiger partial charge in [-0.3, -0.25) is 14.4 Å². The lowest BCUT2D eigenvalue weighted by Crippen LogP contribution is -2.44. The van der Waals surface area contributed by atoms with Crippen LogP contribution >= 0.6 is 22.9 Å². The zero-order valence-corrected chi connectivity index (χ0v) is 21.6. The predicted molar refractivity (Wildman–Crippen MR) is 143 cm³/mol. The van der Waals surface area contributed by atoms with E-state index >= 15 is 0 Å². The number of amides is 2. The number of carbonyl (C=O) groups excluding carboxylic acids is 3. The molecule has 1 N–H and O–H groups in total. The van der Waals surface area contributed by atoms with E-state index in [0.717, 1.165) is 16.8 Å². The van der Waals surface area contributed by atoms with Crippen molar-refractivity contribution in [3.63, 3.8) is 0 Å². The first-order valence-electron chi connectivity index (χ1n) is 11.7. The second-order valence-corrected chi connectivity index (χ2v) is 10.1. The SMILES string of the molecule is Cc1ccc(NC(=O)c2ccc(CN3C(=O)c4ccc(Cl)cc4CC(=O)[C@H]3Cc3cscn3)cc2)nc1. The third-order valence-electron chi connectivity index (χ3n) is 6.28. The highest BCUT2D eigenvalue weighted by Crippen LogP contribution is 2.27. The fraction of sp³-hybridized carbons (Fsp3) is 0.179. The van der Waals surface area contributed by atoms with Gasteiger partial charge in [-0.1, -0.05) is 29.8 Å². The number of benzene rings is 2. The number of carbonyl (C=O) groups is 3. The van der Waals surface area contributed by atoms with Crippen molar-refractivity contribution in [3.8, 4) is 0 Å². The average Bonchev–Trinajstić information content (AvgIpc) is 3.38. The number of pyridine rings is 1. The van der Waals surface area contributed by atoms with Gasteiger partial charge in [-0.05, 0) is 60.0 Å². The first kappa shape index (κ1) is 24.8. The average molecular weight is 531 g/mol. The lowest BCUT2D eigenvalue weighted by Gasteiger charge is -2.29. The third-order valence-corrected chi connectivity index (χ3v) is 7.15. The van der Waals surface area contributed by atoms with Gasteiger partial charge in [0, 0.05) is 47.1 Å². The molecule has 2 amide bonds. The smallest absolute Gasteiger partial charge is 0.256 e. The van der Waals surface area contributed by atoms with Gasteiger partial charge in [-0.2, -0.15) is 0 Å². The van der Waals surface area contributed by atoms with Crippen LogP contribution in [0.5, 0.6) is 0 Å². The molecule has 186 valence electrons. The summed E-state index contributed by atoms with van der Waals surface area (Å²) in [5.41, 5.74) is 5.84. The van der Waals surface area contributed by atoms with Gasteiger partial charge < -0.3 is 10.2 Å². The second-order valence-electron chi connectivity index (χ2n) is 8.95. The van der Waals surface area contributed by atoms with Crippen molar-refractivity contribution in [2.24, 2.45) is 0 Å². The van der Waals surface area contributed by atoms with Crippen LogP contribution in [0.2, 0.25) is 5.02 Å². The molecule has 2 aromatic carbocycles. The maximum Gasteiger partial charge on any atom is 0.256 e. The van der Waals surface area contributed by atoms with E-state index in [1.54, 1.807) is 65.1 Å². The van der Waals surface area contributed by atoms with Crippen LogP contribution in [-0.2, 0) is 24.2 Å². The van der Waals surface area contributed by atoms with Gasteiger partial charge in [0.05, 0.1) is 17.2 Å². The molecule has 1 aliphatic heterocycles. The van der Waals surface area contributed by atoms with Crippen LogP contribution in [0.15, 0.2) is 71.7 Å². The minimum atomic E-state index is -0.670. The number of hydrogen-bond donors (Lipinski definition) is 1. The summed E-state index contributed by atoms with van der Waals surface area (Å²) in [5, 5.41) is 5.15. The van der Waals surface area contributed by atoms with E-state index < -0.39 is 6.04 Å². The van der Waals surface area contributed by atoms with Crippen LogP contribution in [0.4, 0.5) is 5.82 Å². The Balaban J connectivity index is 1.40. The number of aromatic nitrogens is 2. The number of nitrogens with one attached hydrogen (secondary N) is 1. The Labute approximate surface area is 223 Å². The van der Waals surface area contributed by atoms with Crippen molar-refractivity contribution in [1.82, 2.24) is 14.9 Å². The molecule has 9 heteroatoms. The van der Waals surface area contributed by atoms with Gasteiger partial charge >= 0.3 is 0 Å². The van der Waals surface area contributed by atoms with E-state index in [0.29, 0.717) is 34.0 Å². The summed E-state index contributed by atoms with van der Waals surface area (Å²) < 4.78 is 0. The van der Waals surface area contributed by atoms with E-state index in [1.807, 2.05) is 18.4 Å². The van der Waals surface area contributed by atoms with Crippen molar-refractivity contribution in [2.75, 3.05) is 5.32 Å². The zero-order valence-electron chi connectivity index (χ0n) is 20.0. The third kappa shape index (κ3) is 5.60. The minimum absolute atomic E-state index is 0.0658. The van der Waals surface area contributed by atoms with Crippen LogP contribution in [0.1, 0.15) is 43.1 Å². The molecular formula is C28H23ClN4O3S. The fourth-order valence-corrected chi connectivity index (χ4v) is 5.09. The molecule has 0 radical (unpaired) electrons. The van der Waals surface area contributed by atoms with E-state index in [2.05, 4.69) is 15.3 Å². The molecule has 0 aliphatic carbocycles. The van der Waals surface area contributed by atoms with Gasteiger partial charge in [-0.15, -0.1) is 11.3 Å². The van der Waals surface area contributed by atoms with Crippen molar-refractivity contribution >= 4 is 46.4 Å². The molecule has 0 saturated heterocycles. The highest BCUT2D eigenvalue weighted by Gasteiger charge is 2.35. The van der Waals surface area contributed by atoms with E-state index in [1.165, 1.54) is 11.3 Å². The highest BCUT2D eigenvalue weighted by molar-refractivity contribution is 7.07. The molecule has 4 aromatic rings. The highest BCUT2D eigenvalue weighted by atomic mass is 35.5. The summed E-state index contributed by atoms with van der Waals surface area (Å²) in [6.07, 6.45) is 2.14. The molecule has 0 bridgehead atoms. The Bertz CT molecular complexity index is 1450. The standard InChI is InChI=1S/C28H23ClN4O3S/c1-17-2-9-26(30-13-17)32-27(35)19-5-3-18(4-6-19)14-33-24(12-22-15-37-16-31-22)25(34)11-20-10-21(29)7-8-23(20)28(33)36/h2-10,13,15-16,24H,11-12,14H2,1H3,(H,30,32,35)/t24-/m1/s1. The maximum atomic E-state index is 13.7. The number of Topliss-reactive ketones (excluding diaryl/α,β-unsaturated/α-hetero) is 1. The first-order valence-corrected chi connectivity index (χ1v) is 13.0. The summed E-state index contributed by atoms with van der Waals surface area (Å²) in [6, 6.07) is 15.0. The quantitative estimate of drug-likeness (QED) is 0.373. The van der Waals surface area contributed by atoms with Crippen LogP contribution in [0.25, 0.3) is 0 Å². The van der Waals surface area contributed by atoms with Crippen LogP contribution in [-0.4, -0.2) is 38.5 Å². The maximum absolute atomic E-state index is 13.7. The number of anilines is 1. The number of halogens is 1. The number of thiazole rings is 1. The number of hydrogen-bond acceptors (Lipinski definition) is 6. The van der Waals surface area contributed by atoms with Crippen LogP contribution in [0.3, 0.4) is 0 Å². The van der Waals surface area contributed by atoms with Crippen molar-refractivity contribution in [3.05, 3.63) is 110 Å². The monoisotopic (exact) mass is 530 g/mol. The first-order chi connectivity index (χ1) is 17.9. The van der Waals surface area contributed by atoms with Gasteiger partial charge in [0.25, 0.3) is 11.8 Å². The lowest BCUT2D eigenvalue weighted by atomic mass is 9.99. The number of aryl methyl sites for hydroxylation is 1. The topological polar surface area (TPSA) is 92.3 Å². The summed E-state index contributed by atoms with van der Waals surface area (Å²) in [4.78, 5) is 49.9. The van der Waals surface area contributed by atoms with Gasteiger partial charge in [0.2, 0.25) is 0 Å². The fourth-order valence-electron chi connectivity index (χ4n) is 4.32. The molecule has 1 atom stereocenters. The normalized spacial score (nSPS) is 15.3. The Morgan fingerprint density at radius 2 is 1.92 bits per heavy atom. The molecule has 1 aliphatic rings. The predicted octanol–water partition coefficient (Wildman–Crippen LogP) is 5.13. The summed E-state index contributed by atoms with van der Waals surface area (Å²) >= 11 is 7.61. The lowest BCUT2D eigenvalue weighted by molar-refractivity contribution is -0.122. The second kappa shape index (κ2) is 10.6. The molecule has 0 unspecified atom stereocenters. The molecule has 3 heterocycles. The van der Waals surface area contributed by atoms with Crippen LogP contribution < -0.4 is 5.32 Å². The summed E-state index contributed by atoms with van der Waals surface area (Å²) in [7, 11) is 0. The molecule has 0 spiro atoms. The summed E-state index contributed by atoms with van der Waals surface area (Å²) in [5.74, 6) is -0.109. The Hall–Kier alpha value is -3.88. The van der Waals surface area contributed by atoms with Crippen molar-refractivity contribution < 1.29 is 14.4 Å². The Morgan fingerprint density at radius 3 is 2.62 bits per heavy atom. The van der Waals surface area contributed by atoms with Crippen LogP contribution in [0, 0.1) is 6.92 Å². The van der Waals surface area contributed by atoms with Crippen molar-refractivity contribution in [1.29, 1.82) is 0 Å². The zero-order chi connectivity index (χ0) is 25.9. The molecule has 37 heavy (non-hydrogen) atoms. The number of nitrogens with zero attached hydrogens (tertiary/aromatic N) is 3. The minimum Gasteiger partial charge on any atom is -0.324 e. The van der Waals surface area contributed by atoms with Gasteiger partial charge in [0.15, 0.2) is 5.78 Å². The Kier molecular flexibility index (Phi) is 7.12. The molecule has 0 saturated carbocycles. The van der Waals surface area contributed by atoms with E-state index in [4.69, 9.17) is 11.6 Å². The Morgan fingerprint density at radius 1 is 1.11 bits per heavy atom. The van der Waals surface area contributed by atoms with E-state index in [9.17, 15) is 14.4 Å².